The fraction of sp³-hybridized carbons (Fsp3) is 0.562. The first kappa shape index (κ1) is 20.4. The third-order valence-electron chi connectivity index (χ3n) is 3.73. The van der Waals surface area contributed by atoms with Crippen LogP contribution in [0.1, 0.15) is 20.8 Å². The van der Waals surface area contributed by atoms with Crippen molar-refractivity contribution in [3.8, 4) is 0 Å². The molecule has 1 aromatic rings. The number of esters is 3. The van der Waals surface area contributed by atoms with E-state index in [9.17, 15) is 24.0 Å². The van der Waals surface area contributed by atoms with Crippen LogP contribution in [0.2, 0.25) is 0 Å². The second-order valence-electron chi connectivity index (χ2n) is 5.93. The van der Waals surface area contributed by atoms with Crippen molar-refractivity contribution < 1.29 is 33.3 Å². The zero-order valence-electron chi connectivity index (χ0n) is 15.0. The summed E-state index contributed by atoms with van der Waals surface area (Å²) in [5.74, 6) is -1.85. The molecule has 1 aromatic heterocycles. The van der Waals surface area contributed by atoms with Crippen molar-refractivity contribution in [1.82, 2.24) is 9.55 Å². The van der Waals surface area contributed by atoms with Crippen LogP contribution in [0, 0.1) is 0 Å². The second kappa shape index (κ2) is 8.62. The predicted molar refractivity (Wildman–Crippen MR) is 87.7 cm³/mol. The highest BCUT2D eigenvalue weighted by Crippen LogP contribution is 2.28. The van der Waals surface area contributed by atoms with E-state index in [0.29, 0.717) is 0 Å². The molecule has 27 heavy (non-hydrogen) atoms. The SMILES string of the molecule is CC(=O)OCC1OC(Cn2ccc(=O)[nH]c2=O)C(OC(C)=O)C1OC(C)=O. The normalized spacial score (nSPS) is 24.3. The summed E-state index contributed by atoms with van der Waals surface area (Å²) < 4.78 is 22.3. The Morgan fingerprint density at radius 2 is 1.63 bits per heavy atom. The van der Waals surface area contributed by atoms with Gasteiger partial charge in [-0.25, -0.2) is 4.79 Å². The molecule has 11 heteroatoms. The average Bonchev–Trinajstić information content (AvgIpc) is 2.84. The topological polar surface area (TPSA) is 143 Å². The van der Waals surface area contributed by atoms with Gasteiger partial charge in [0.15, 0.2) is 12.2 Å². The van der Waals surface area contributed by atoms with Gasteiger partial charge in [-0.05, 0) is 0 Å². The van der Waals surface area contributed by atoms with E-state index < -0.39 is 53.6 Å². The summed E-state index contributed by atoms with van der Waals surface area (Å²) in [5.41, 5.74) is -1.24. The second-order valence-corrected chi connectivity index (χ2v) is 5.93. The molecule has 0 aromatic carbocycles. The van der Waals surface area contributed by atoms with Crippen LogP contribution in [-0.2, 0) is 39.9 Å². The van der Waals surface area contributed by atoms with Crippen LogP contribution in [0.15, 0.2) is 21.9 Å². The minimum absolute atomic E-state index is 0.0953. The summed E-state index contributed by atoms with van der Waals surface area (Å²) in [6.45, 7) is 3.22. The molecule has 0 radical (unpaired) electrons. The maximum Gasteiger partial charge on any atom is 0.328 e. The first-order valence-corrected chi connectivity index (χ1v) is 8.10. The zero-order chi connectivity index (χ0) is 20.1. The average molecular weight is 384 g/mol. The van der Waals surface area contributed by atoms with Crippen molar-refractivity contribution in [2.45, 2.75) is 51.7 Å². The fourth-order valence-corrected chi connectivity index (χ4v) is 2.73. The van der Waals surface area contributed by atoms with Crippen molar-refractivity contribution in [1.29, 1.82) is 0 Å². The molecule has 4 unspecified atom stereocenters. The number of ether oxygens (including phenoxy) is 4. The van der Waals surface area contributed by atoms with Crippen LogP contribution in [-0.4, -0.2) is 58.5 Å². The molecule has 2 rings (SSSR count). The van der Waals surface area contributed by atoms with Gasteiger partial charge in [0, 0.05) is 33.0 Å². The molecule has 4 atom stereocenters. The lowest BCUT2D eigenvalue weighted by molar-refractivity contribution is -0.165. The summed E-state index contributed by atoms with van der Waals surface area (Å²) in [6.07, 6.45) is -2.59. The highest BCUT2D eigenvalue weighted by atomic mass is 16.6. The van der Waals surface area contributed by atoms with E-state index in [0.717, 1.165) is 10.6 Å². The molecule has 1 aliphatic heterocycles. The monoisotopic (exact) mass is 384 g/mol. The lowest BCUT2D eigenvalue weighted by atomic mass is 10.1. The van der Waals surface area contributed by atoms with E-state index in [2.05, 4.69) is 4.98 Å². The van der Waals surface area contributed by atoms with Crippen LogP contribution < -0.4 is 11.2 Å². The number of carbonyl (C=O) groups is 3. The molecule has 0 bridgehead atoms. The van der Waals surface area contributed by atoms with Crippen molar-refractivity contribution in [3.63, 3.8) is 0 Å². The number of carbonyl (C=O) groups excluding carboxylic acids is 3. The Morgan fingerprint density at radius 1 is 1.04 bits per heavy atom. The van der Waals surface area contributed by atoms with E-state index in [-0.39, 0.29) is 13.2 Å². The minimum Gasteiger partial charge on any atom is -0.463 e. The van der Waals surface area contributed by atoms with Crippen molar-refractivity contribution in [2.24, 2.45) is 0 Å². The maximum atomic E-state index is 11.9. The van der Waals surface area contributed by atoms with Crippen molar-refractivity contribution >= 4 is 17.9 Å². The number of hydrogen-bond donors (Lipinski definition) is 1. The number of aromatic nitrogens is 2. The summed E-state index contributed by atoms with van der Waals surface area (Å²) in [7, 11) is 0. The van der Waals surface area contributed by atoms with Crippen molar-refractivity contribution in [3.05, 3.63) is 33.1 Å². The van der Waals surface area contributed by atoms with Crippen LogP contribution >= 0.6 is 0 Å². The predicted octanol–water partition coefficient (Wildman–Crippen LogP) is -1.27. The largest absolute Gasteiger partial charge is 0.463 e. The summed E-state index contributed by atoms with van der Waals surface area (Å²) in [6, 6.07) is 1.15. The van der Waals surface area contributed by atoms with Crippen LogP contribution in [0.5, 0.6) is 0 Å². The first-order chi connectivity index (χ1) is 12.7. The number of nitrogens with zero attached hydrogens (tertiary/aromatic N) is 1. The molecule has 0 spiro atoms. The third-order valence-corrected chi connectivity index (χ3v) is 3.73. The van der Waals surface area contributed by atoms with Gasteiger partial charge in [0.1, 0.15) is 18.8 Å². The Kier molecular flexibility index (Phi) is 6.50. The standard InChI is InChI=1S/C16H20N2O9/c1-8(19)24-7-12-15(26-10(3)21)14(25-9(2)20)11(27-12)6-18-5-4-13(22)17-16(18)23/h4-5,11-12,14-15H,6-7H2,1-3H3,(H,17,22,23). The highest BCUT2D eigenvalue weighted by Gasteiger charge is 2.49. The summed E-state index contributed by atoms with van der Waals surface area (Å²) in [5, 5.41) is 0. The fourth-order valence-electron chi connectivity index (χ4n) is 2.73. The first-order valence-electron chi connectivity index (χ1n) is 8.10. The molecular formula is C16H20N2O9. The van der Waals surface area contributed by atoms with Crippen LogP contribution in [0.3, 0.4) is 0 Å². The lowest BCUT2D eigenvalue weighted by Gasteiger charge is -2.23. The van der Waals surface area contributed by atoms with Gasteiger partial charge < -0.3 is 18.9 Å². The summed E-state index contributed by atoms with van der Waals surface area (Å²) >= 11 is 0. The molecule has 2 heterocycles. The maximum absolute atomic E-state index is 11.9. The van der Waals surface area contributed by atoms with Gasteiger partial charge in [0.05, 0.1) is 6.54 Å². The number of rotatable bonds is 6. The molecular weight excluding hydrogens is 364 g/mol. The van der Waals surface area contributed by atoms with Gasteiger partial charge in [-0.3, -0.25) is 28.7 Å². The van der Waals surface area contributed by atoms with Gasteiger partial charge in [-0.15, -0.1) is 0 Å². The van der Waals surface area contributed by atoms with E-state index in [1.165, 1.54) is 27.0 Å². The van der Waals surface area contributed by atoms with Gasteiger partial charge in [0.25, 0.3) is 5.56 Å². The van der Waals surface area contributed by atoms with Crippen LogP contribution in [0.25, 0.3) is 0 Å². The quantitative estimate of drug-likeness (QED) is 0.469. The molecule has 11 nitrogen and oxygen atoms in total. The number of aromatic amines is 1. The highest BCUT2D eigenvalue weighted by molar-refractivity contribution is 5.68. The molecule has 0 amide bonds. The van der Waals surface area contributed by atoms with Gasteiger partial charge in [0.2, 0.25) is 0 Å². The molecule has 148 valence electrons. The number of hydrogen-bond acceptors (Lipinski definition) is 9. The molecule has 1 saturated heterocycles. The molecule has 0 saturated carbocycles. The minimum atomic E-state index is -1.04. The lowest BCUT2D eigenvalue weighted by Crippen LogP contribution is -2.43. The van der Waals surface area contributed by atoms with Crippen LogP contribution in [0.4, 0.5) is 0 Å². The van der Waals surface area contributed by atoms with Crippen molar-refractivity contribution in [2.75, 3.05) is 6.61 Å². The summed E-state index contributed by atoms with van der Waals surface area (Å²) in [4.78, 5) is 59.2. The van der Waals surface area contributed by atoms with E-state index in [1.54, 1.807) is 0 Å². The Balaban J connectivity index is 2.29. The zero-order valence-corrected chi connectivity index (χ0v) is 15.0. The van der Waals surface area contributed by atoms with Gasteiger partial charge in [-0.2, -0.15) is 0 Å². The molecule has 1 fully saturated rings. The number of H-pyrrole nitrogens is 1. The Bertz CT molecular complexity index is 828. The number of nitrogens with one attached hydrogen (secondary N) is 1. The Labute approximate surface area is 153 Å². The van der Waals surface area contributed by atoms with Gasteiger partial charge in [-0.1, -0.05) is 0 Å². The van der Waals surface area contributed by atoms with Gasteiger partial charge >= 0.3 is 23.6 Å². The molecule has 0 aliphatic carbocycles. The molecule has 1 aliphatic rings. The van der Waals surface area contributed by atoms with E-state index >= 15 is 0 Å². The smallest absolute Gasteiger partial charge is 0.328 e. The Morgan fingerprint density at radius 3 is 2.15 bits per heavy atom. The van der Waals surface area contributed by atoms with E-state index in [4.69, 9.17) is 18.9 Å². The van der Waals surface area contributed by atoms with E-state index in [1.807, 2.05) is 0 Å². The molecule has 1 N–H and O–H groups in total. The Hall–Kier alpha value is -2.95. The third kappa shape index (κ3) is 5.51.